The van der Waals surface area contributed by atoms with E-state index in [2.05, 4.69) is 15.1 Å². The van der Waals surface area contributed by atoms with Crippen LogP contribution in [-0.2, 0) is 10.0 Å². The Morgan fingerprint density at radius 2 is 1.65 bits per heavy atom. The van der Waals surface area contributed by atoms with Crippen molar-refractivity contribution in [3.63, 3.8) is 0 Å². The minimum Gasteiger partial charge on any atom is -0.352 e. The molecule has 122 valence electrons. The molecule has 3 rings (SSSR count). The van der Waals surface area contributed by atoms with E-state index in [4.69, 9.17) is 0 Å². The zero-order chi connectivity index (χ0) is 16.4. The molecular formula is C16H20N4O2S. The van der Waals surface area contributed by atoms with Crippen molar-refractivity contribution in [3.05, 3.63) is 47.7 Å². The lowest BCUT2D eigenvalue weighted by Crippen LogP contribution is -2.49. The number of piperazine rings is 1. The van der Waals surface area contributed by atoms with Gasteiger partial charge in [-0.05, 0) is 49.2 Å². The normalized spacial score (nSPS) is 16.5. The predicted molar refractivity (Wildman–Crippen MR) is 88.9 cm³/mol. The van der Waals surface area contributed by atoms with Gasteiger partial charge in [0.25, 0.3) is 0 Å². The summed E-state index contributed by atoms with van der Waals surface area (Å²) in [5, 5.41) is 7.95. The first kappa shape index (κ1) is 15.9. The second-order valence-electron chi connectivity index (χ2n) is 5.80. The van der Waals surface area contributed by atoms with E-state index in [1.807, 2.05) is 32.0 Å². The van der Waals surface area contributed by atoms with Gasteiger partial charge >= 0.3 is 0 Å². The van der Waals surface area contributed by atoms with Crippen LogP contribution in [0.1, 0.15) is 11.1 Å². The fourth-order valence-corrected chi connectivity index (χ4v) is 4.46. The second-order valence-corrected chi connectivity index (χ2v) is 7.73. The van der Waals surface area contributed by atoms with Crippen molar-refractivity contribution < 1.29 is 8.42 Å². The van der Waals surface area contributed by atoms with Gasteiger partial charge in [-0.15, -0.1) is 5.10 Å². The Bertz CT molecular complexity index is 765. The van der Waals surface area contributed by atoms with Crippen molar-refractivity contribution >= 4 is 15.8 Å². The van der Waals surface area contributed by atoms with Crippen molar-refractivity contribution in [2.75, 3.05) is 31.1 Å². The summed E-state index contributed by atoms with van der Waals surface area (Å²) in [6.07, 6.45) is 1.63. The number of aryl methyl sites for hydroxylation is 2. The number of rotatable bonds is 3. The first-order chi connectivity index (χ1) is 11.0. The molecule has 0 amide bonds. The molecule has 1 aliphatic heterocycles. The van der Waals surface area contributed by atoms with Crippen LogP contribution in [-0.4, -0.2) is 49.1 Å². The third kappa shape index (κ3) is 3.35. The van der Waals surface area contributed by atoms with Gasteiger partial charge in [-0.2, -0.15) is 9.40 Å². The first-order valence-corrected chi connectivity index (χ1v) is 9.02. The number of hydrogen-bond donors (Lipinski definition) is 0. The highest BCUT2D eigenvalue weighted by Crippen LogP contribution is 2.21. The van der Waals surface area contributed by atoms with Crippen LogP contribution < -0.4 is 4.90 Å². The molecule has 1 saturated heterocycles. The van der Waals surface area contributed by atoms with Crippen LogP contribution in [0.2, 0.25) is 0 Å². The molecule has 7 heteroatoms. The largest absolute Gasteiger partial charge is 0.352 e. The van der Waals surface area contributed by atoms with E-state index in [1.165, 1.54) is 0 Å². The van der Waals surface area contributed by atoms with Gasteiger partial charge < -0.3 is 4.90 Å². The topological polar surface area (TPSA) is 66.4 Å². The molecular weight excluding hydrogens is 312 g/mol. The molecule has 6 nitrogen and oxygen atoms in total. The molecule has 0 bridgehead atoms. The number of benzene rings is 1. The van der Waals surface area contributed by atoms with Gasteiger partial charge in [-0.1, -0.05) is 6.07 Å². The second kappa shape index (κ2) is 6.25. The molecule has 2 heterocycles. The number of sulfonamides is 1. The minimum atomic E-state index is -3.44. The van der Waals surface area contributed by atoms with Crippen LogP contribution in [0.5, 0.6) is 0 Å². The van der Waals surface area contributed by atoms with Crippen LogP contribution >= 0.6 is 0 Å². The highest BCUT2D eigenvalue weighted by atomic mass is 32.2. The van der Waals surface area contributed by atoms with E-state index in [1.54, 1.807) is 22.6 Å². The third-order valence-corrected chi connectivity index (χ3v) is 5.83. The van der Waals surface area contributed by atoms with Crippen molar-refractivity contribution in [2.45, 2.75) is 18.7 Å². The smallest absolute Gasteiger partial charge is 0.243 e. The molecule has 0 spiro atoms. The van der Waals surface area contributed by atoms with Crippen LogP contribution in [0.4, 0.5) is 5.82 Å². The molecule has 0 unspecified atom stereocenters. The predicted octanol–water partition coefficient (Wildman–Crippen LogP) is 1.60. The molecule has 1 fully saturated rings. The monoisotopic (exact) mass is 332 g/mol. The maximum absolute atomic E-state index is 12.8. The highest BCUT2D eigenvalue weighted by molar-refractivity contribution is 7.89. The molecule has 23 heavy (non-hydrogen) atoms. The lowest BCUT2D eigenvalue weighted by Gasteiger charge is -2.34. The third-order valence-electron chi connectivity index (χ3n) is 3.95. The van der Waals surface area contributed by atoms with Crippen LogP contribution in [0.15, 0.2) is 41.4 Å². The average molecular weight is 332 g/mol. The standard InChI is InChI=1S/C16H20N4O2S/c1-13-10-14(2)12-15(11-13)23(21,22)20-8-6-19(7-9-20)16-4-3-5-17-18-16/h3-5,10-12H,6-9H2,1-2H3. The van der Waals surface area contributed by atoms with Gasteiger partial charge in [-0.25, -0.2) is 8.42 Å². The van der Waals surface area contributed by atoms with Crippen LogP contribution in [0.3, 0.4) is 0 Å². The summed E-state index contributed by atoms with van der Waals surface area (Å²) in [6.45, 7) is 5.96. The lowest BCUT2D eigenvalue weighted by molar-refractivity contribution is 0.383. The van der Waals surface area contributed by atoms with Crippen molar-refractivity contribution in [2.24, 2.45) is 0 Å². The van der Waals surface area contributed by atoms with E-state index < -0.39 is 10.0 Å². The summed E-state index contributed by atoms with van der Waals surface area (Å²) in [7, 11) is -3.44. The summed E-state index contributed by atoms with van der Waals surface area (Å²) in [5.41, 5.74) is 1.92. The summed E-state index contributed by atoms with van der Waals surface area (Å²) in [5.74, 6) is 0.788. The lowest BCUT2D eigenvalue weighted by atomic mass is 10.2. The Balaban J connectivity index is 1.76. The van der Waals surface area contributed by atoms with E-state index in [9.17, 15) is 8.42 Å². The van der Waals surface area contributed by atoms with Gasteiger partial charge in [0, 0.05) is 32.4 Å². The Morgan fingerprint density at radius 1 is 1.00 bits per heavy atom. The SMILES string of the molecule is Cc1cc(C)cc(S(=O)(=O)N2CCN(c3cccnn3)CC2)c1. The molecule has 0 aliphatic carbocycles. The number of hydrogen-bond acceptors (Lipinski definition) is 5. The van der Waals surface area contributed by atoms with Gasteiger partial charge in [0.2, 0.25) is 10.0 Å². The summed E-state index contributed by atoms with van der Waals surface area (Å²) >= 11 is 0. The van der Waals surface area contributed by atoms with Gasteiger partial charge in [0.05, 0.1) is 4.90 Å². The molecule has 0 saturated carbocycles. The highest BCUT2D eigenvalue weighted by Gasteiger charge is 2.29. The molecule has 1 aromatic carbocycles. The zero-order valence-electron chi connectivity index (χ0n) is 13.3. The van der Waals surface area contributed by atoms with E-state index >= 15 is 0 Å². The maximum atomic E-state index is 12.8. The van der Waals surface area contributed by atoms with Crippen molar-refractivity contribution in [1.29, 1.82) is 0 Å². The maximum Gasteiger partial charge on any atom is 0.243 e. The number of aromatic nitrogens is 2. The van der Waals surface area contributed by atoms with E-state index in [-0.39, 0.29) is 0 Å². The Morgan fingerprint density at radius 3 is 2.22 bits per heavy atom. The molecule has 0 atom stereocenters. The summed E-state index contributed by atoms with van der Waals surface area (Å²) < 4.78 is 27.2. The van der Waals surface area contributed by atoms with Gasteiger partial charge in [0.15, 0.2) is 5.82 Å². The Labute approximate surface area is 136 Å². The molecule has 0 N–H and O–H groups in total. The fourth-order valence-electron chi connectivity index (χ4n) is 2.85. The number of anilines is 1. The quantitative estimate of drug-likeness (QED) is 0.854. The minimum absolute atomic E-state index is 0.378. The van der Waals surface area contributed by atoms with Crippen molar-refractivity contribution in [3.8, 4) is 0 Å². The fraction of sp³-hybridized carbons (Fsp3) is 0.375. The number of nitrogens with zero attached hydrogens (tertiary/aromatic N) is 4. The Hall–Kier alpha value is -1.99. The zero-order valence-corrected chi connectivity index (χ0v) is 14.1. The van der Waals surface area contributed by atoms with Crippen LogP contribution in [0.25, 0.3) is 0 Å². The average Bonchev–Trinajstić information content (AvgIpc) is 2.55. The van der Waals surface area contributed by atoms with Gasteiger partial charge in [-0.3, -0.25) is 0 Å². The summed E-state index contributed by atoms with van der Waals surface area (Å²) in [4.78, 5) is 2.43. The summed E-state index contributed by atoms with van der Waals surface area (Å²) in [6, 6.07) is 9.17. The van der Waals surface area contributed by atoms with E-state index in [0.717, 1.165) is 16.9 Å². The van der Waals surface area contributed by atoms with E-state index in [0.29, 0.717) is 31.1 Å². The first-order valence-electron chi connectivity index (χ1n) is 7.58. The van der Waals surface area contributed by atoms with Gasteiger partial charge in [0.1, 0.15) is 0 Å². The molecule has 2 aromatic rings. The Kier molecular flexibility index (Phi) is 4.32. The van der Waals surface area contributed by atoms with Crippen molar-refractivity contribution in [1.82, 2.24) is 14.5 Å². The van der Waals surface area contributed by atoms with Crippen LogP contribution in [0, 0.1) is 13.8 Å². The molecule has 1 aromatic heterocycles. The molecule has 0 radical (unpaired) electrons. The molecule has 1 aliphatic rings.